The number of ketones is 1. The van der Waals surface area contributed by atoms with Gasteiger partial charge in [0.2, 0.25) is 0 Å². The van der Waals surface area contributed by atoms with Crippen LogP contribution in [0.25, 0.3) is 0 Å². The van der Waals surface area contributed by atoms with Crippen LogP contribution >= 0.6 is 27.3 Å². The van der Waals surface area contributed by atoms with Crippen LogP contribution < -0.4 is 0 Å². The minimum Gasteiger partial charge on any atom is -0.294 e. The molecule has 0 unspecified atom stereocenters. The van der Waals surface area contributed by atoms with E-state index in [1.165, 1.54) is 24.3 Å². The second kappa shape index (κ2) is 5.28. The van der Waals surface area contributed by atoms with Gasteiger partial charge in [0.05, 0.1) is 5.56 Å². The monoisotopic (exact) mass is 330 g/mol. The van der Waals surface area contributed by atoms with Gasteiger partial charge in [-0.3, -0.25) is 4.79 Å². The van der Waals surface area contributed by atoms with Gasteiger partial charge in [-0.25, -0.2) is 8.78 Å². The maximum absolute atomic E-state index is 13.5. The number of hydrogen-bond donors (Lipinski definition) is 0. The van der Waals surface area contributed by atoms with Crippen molar-refractivity contribution in [2.24, 2.45) is 0 Å². The summed E-state index contributed by atoms with van der Waals surface area (Å²) in [5.41, 5.74) is 0.208. The van der Waals surface area contributed by atoms with Crippen molar-refractivity contribution in [1.82, 2.24) is 0 Å². The maximum Gasteiger partial charge on any atom is 0.171 e. The molecular formula is C13H9BrF2OS. The highest BCUT2D eigenvalue weighted by atomic mass is 79.9. The fourth-order valence-electron chi connectivity index (χ4n) is 1.56. The van der Waals surface area contributed by atoms with E-state index in [9.17, 15) is 13.6 Å². The van der Waals surface area contributed by atoms with Gasteiger partial charge in [0.25, 0.3) is 0 Å². The van der Waals surface area contributed by atoms with E-state index in [2.05, 4.69) is 15.9 Å². The Balaban J connectivity index is 2.30. The van der Waals surface area contributed by atoms with Crippen LogP contribution in [-0.2, 0) is 6.42 Å². The van der Waals surface area contributed by atoms with Crippen molar-refractivity contribution in [1.29, 1.82) is 0 Å². The van der Waals surface area contributed by atoms with Gasteiger partial charge in [-0.15, -0.1) is 11.3 Å². The predicted octanol–water partition coefficient (Wildman–Crippen LogP) is 4.52. The molecule has 0 atom stereocenters. The summed E-state index contributed by atoms with van der Waals surface area (Å²) < 4.78 is 27.5. The summed E-state index contributed by atoms with van der Waals surface area (Å²) in [6.45, 7) is 1.51. The summed E-state index contributed by atoms with van der Waals surface area (Å²) in [5, 5.41) is 1.85. The molecule has 0 spiro atoms. The van der Waals surface area contributed by atoms with E-state index in [4.69, 9.17) is 0 Å². The minimum atomic E-state index is -0.809. The van der Waals surface area contributed by atoms with E-state index in [-0.39, 0.29) is 23.3 Å². The number of thiophene rings is 1. The molecule has 1 heterocycles. The molecule has 0 amide bonds. The lowest BCUT2D eigenvalue weighted by Crippen LogP contribution is -2.07. The highest BCUT2D eigenvalue weighted by molar-refractivity contribution is 9.10. The Labute approximate surface area is 116 Å². The van der Waals surface area contributed by atoms with Crippen LogP contribution in [0.15, 0.2) is 28.1 Å². The Hall–Kier alpha value is -1.07. The van der Waals surface area contributed by atoms with Crippen molar-refractivity contribution in [3.05, 3.63) is 55.7 Å². The van der Waals surface area contributed by atoms with Crippen LogP contribution in [0.5, 0.6) is 0 Å². The van der Waals surface area contributed by atoms with E-state index in [1.54, 1.807) is 0 Å². The third-order valence-corrected chi connectivity index (χ3v) is 4.49. The lowest BCUT2D eigenvalue weighted by atomic mass is 10.0. The Kier molecular flexibility index (Phi) is 3.92. The standard InChI is InChI=1S/C13H9BrF2OS/c1-7-4-8(11(16)5-10(7)15)12(17)6-13-9(14)2-3-18-13/h2-5H,6H2,1H3. The lowest BCUT2D eigenvalue weighted by molar-refractivity contribution is 0.0989. The number of carbonyl (C=O) groups excluding carboxylic acids is 1. The summed E-state index contributed by atoms with van der Waals surface area (Å²) in [4.78, 5) is 12.8. The topological polar surface area (TPSA) is 17.1 Å². The zero-order chi connectivity index (χ0) is 13.3. The molecule has 18 heavy (non-hydrogen) atoms. The Morgan fingerprint density at radius 2 is 2.06 bits per heavy atom. The molecule has 1 aromatic carbocycles. The zero-order valence-corrected chi connectivity index (χ0v) is 11.9. The summed E-state index contributed by atoms with van der Waals surface area (Å²) in [6.07, 6.45) is 0.111. The largest absolute Gasteiger partial charge is 0.294 e. The van der Waals surface area contributed by atoms with Crippen LogP contribution in [-0.4, -0.2) is 5.78 Å². The van der Waals surface area contributed by atoms with Crippen molar-refractivity contribution >= 4 is 33.0 Å². The van der Waals surface area contributed by atoms with Crippen LogP contribution in [0.1, 0.15) is 20.8 Å². The molecule has 0 saturated carbocycles. The number of hydrogen-bond acceptors (Lipinski definition) is 2. The first-order chi connectivity index (χ1) is 8.49. The maximum atomic E-state index is 13.5. The molecular weight excluding hydrogens is 322 g/mol. The molecule has 5 heteroatoms. The molecule has 0 bridgehead atoms. The molecule has 2 aromatic rings. The predicted molar refractivity (Wildman–Crippen MR) is 71.1 cm³/mol. The van der Waals surface area contributed by atoms with Gasteiger partial charge in [-0.05, 0) is 45.9 Å². The molecule has 2 rings (SSSR count). The summed E-state index contributed by atoms with van der Waals surface area (Å²) >= 11 is 4.74. The van der Waals surface area contributed by atoms with E-state index in [0.717, 1.165) is 15.4 Å². The first kappa shape index (κ1) is 13.4. The van der Waals surface area contributed by atoms with Crippen molar-refractivity contribution in [2.75, 3.05) is 0 Å². The number of rotatable bonds is 3. The number of Topliss-reactive ketones (excluding diaryl/α,β-unsaturated/α-hetero) is 1. The van der Waals surface area contributed by atoms with E-state index >= 15 is 0 Å². The van der Waals surface area contributed by atoms with Crippen molar-refractivity contribution in [2.45, 2.75) is 13.3 Å². The fraction of sp³-hybridized carbons (Fsp3) is 0.154. The van der Waals surface area contributed by atoms with Crippen LogP contribution in [0.4, 0.5) is 8.78 Å². The highest BCUT2D eigenvalue weighted by Gasteiger charge is 2.16. The summed E-state index contributed by atoms with van der Waals surface area (Å²) in [7, 11) is 0. The Morgan fingerprint density at radius 3 is 2.67 bits per heavy atom. The second-order valence-electron chi connectivity index (χ2n) is 3.87. The van der Waals surface area contributed by atoms with Gasteiger partial charge in [0.15, 0.2) is 5.78 Å². The van der Waals surface area contributed by atoms with Crippen LogP contribution in [0.3, 0.4) is 0 Å². The van der Waals surface area contributed by atoms with Crippen LogP contribution in [0.2, 0.25) is 0 Å². The first-order valence-corrected chi connectivity index (χ1v) is 6.87. The van der Waals surface area contributed by atoms with Gasteiger partial charge < -0.3 is 0 Å². The quantitative estimate of drug-likeness (QED) is 0.756. The number of aryl methyl sites for hydroxylation is 1. The number of halogens is 3. The highest BCUT2D eigenvalue weighted by Crippen LogP contribution is 2.25. The third kappa shape index (κ3) is 2.67. The molecule has 94 valence electrons. The van der Waals surface area contributed by atoms with Gasteiger partial charge >= 0.3 is 0 Å². The Bertz CT molecular complexity index is 607. The summed E-state index contributed by atoms with van der Waals surface area (Å²) in [6, 6.07) is 3.85. The van der Waals surface area contributed by atoms with Crippen molar-refractivity contribution in [3.8, 4) is 0 Å². The van der Waals surface area contributed by atoms with Crippen molar-refractivity contribution < 1.29 is 13.6 Å². The number of carbonyl (C=O) groups is 1. The molecule has 0 N–H and O–H groups in total. The summed E-state index contributed by atoms with van der Waals surface area (Å²) in [5.74, 6) is -1.80. The molecule has 0 aliphatic carbocycles. The van der Waals surface area contributed by atoms with Gasteiger partial charge in [-0.1, -0.05) is 0 Å². The van der Waals surface area contributed by atoms with Crippen molar-refractivity contribution in [3.63, 3.8) is 0 Å². The smallest absolute Gasteiger partial charge is 0.171 e. The molecule has 0 radical (unpaired) electrons. The fourth-order valence-corrected chi connectivity index (χ4v) is 3.05. The van der Waals surface area contributed by atoms with E-state index in [0.29, 0.717) is 0 Å². The van der Waals surface area contributed by atoms with Gasteiger partial charge in [0, 0.05) is 21.8 Å². The molecule has 0 saturated heterocycles. The van der Waals surface area contributed by atoms with Gasteiger partial charge in [0.1, 0.15) is 11.6 Å². The third-order valence-electron chi connectivity index (χ3n) is 2.56. The minimum absolute atomic E-state index is 0.0609. The SMILES string of the molecule is Cc1cc(C(=O)Cc2sccc2Br)c(F)cc1F. The molecule has 1 aromatic heterocycles. The van der Waals surface area contributed by atoms with E-state index in [1.807, 2.05) is 11.4 Å². The normalized spacial score (nSPS) is 10.7. The second-order valence-corrected chi connectivity index (χ2v) is 5.73. The average Bonchev–Trinajstić information content (AvgIpc) is 2.69. The molecule has 0 fully saturated rings. The van der Waals surface area contributed by atoms with Gasteiger partial charge in [-0.2, -0.15) is 0 Å². The Morgan fingerprint density at radius 1 is 1.33 bits per heavy atom. The first-order valence-electron chi connectivity index (χ1n) is 5.19. The lowest BCUT2D eigenvalue weighted by Gasteiger charge is -2.04. The molecule has 0 aliphatic heterocycles. The van der Waals surface area contributed by atoms with E-state index < -0.39 is 11.6 Å². The molecule has 0 aliphatic rings. The zero-order valence-electron chi connectivity index (χ0n) is 9.47. The molecule has 1 nitrogen and oxygen atoms in total. The average molecular weight is 331 g/mol. The number of benzene rings is 1. The van der Waals surface area contributed by atoms with Crippen LogP contribution in [0, 0.1) is 18.6 Å².